The van der Waals surface area contributed by atoms with Gasteiger partial charge in [-0.2, -0.15) is 4.98 Å². The molecule has 0 unspecified atom stereocenters. The number of fused-ring (bicyclic) bond motifs is 1. The minimum atomic E-state index is -3.19. The summed E-state index contributed by atoms with van der Waals surface area (Å²) >= 11 is 0. The molecule has 1 aromatic carbocycles. The van der Waals surface area contributed by atoms with Gasteiger partial charge in [0.1, 0.15) is 5.52 Å². The van der Waals surface area contributed by atoms with Gasteiger partial charge in [-0.25, -0.2) is 12.7 Å². The molecule has 22 heavy (non-hydrogen) atoms. The van der Waals surface area contributed by atoms with Gasteiger partial charge in [0, 0.05) is 26.2 Å². The van der Waals surface area contributed by atoms with E-state index in [1.807, 2.05) is 29.2 Å². The third kappa shape index (κ3) is 2.28. The second-order valence-electron chi connectivity index (χ2n) is 5.97. The Bertz CT molecular complexity index is 747. The summed E-state index contributed by atoms with van der Waals surface area (Å²) in [6, 6.07) is 8.12. The van der Waals surface area contributed by atoms with Crippen LogP contribution in [0.25, 0.3) is 11.1 Å². The largest absolute Gasteiger partial charge is 0.423 e. The number of nitrogens with zero attached hydrogens (tertiary/aromatic N) is 3. The molecule has 118 valence electrons. The van der Waals surface area contributed by atoms with Gasteiger partial charge in [-0.1, -0.05) is 12.1 Å². The van der Waals surface area contributed by atoms with E-state index < -0.39 is 10.0 Å². The Morgan fingerprint density at radius 1 is 1.14 bits per heavy atom. The molecule has 0 bridgehead atoms. The topological polar surface area (TPSA) is 66.7 Å². The van der Waals surface area contributed by atoms with Crippen LogP contribution >= 0.6 is 0 Å². The van der Waals surface area contributed by atoms with Gasteiger partial charge >= 0.3 is 0 Å². The highest BCUT2D eigenvalue weighted by molar-refractivity contribution is 7.89. The van der Waals surface area contributed by atoms with Crippen LogP contribution in [-0.2, 0) is 10.0 Å². The Hall–Kier alpha value is -1.60. The second kappa shape index (κ2) is 5.24. The van der Waals surface area contributed by atoms with E-state index in [0.717, 1.165) is 23.9 Å². The molecule has 1 aromatic heterocycles. The van der Waals surface area contributed by atoms with Crippen molar-refractivity contribution in [3.63, 3.8) is 0 Å². The zero-order chi connectivity index (χ0) is 15.2. The van der Waals surface area contributed by atoms with Gasteiger partial charge in [-0.05, 0) is 31.4 Å². The molecule has 2 aliphatic heterocycles. The van der Waals surface area contributed by atoms with E-state index in [4.69, 9.17) is 4.42 Å². The van der Waals surface area contributed by atoms with Crippen molar-refractivity contribution < 1.29 is 12.8 Å². The smallest absolute Gasteiger partial charge is 0.298 e. The van der Waals surface area contributed by atoms with Gasteiger partial charge in [-0.15, -0.1) is 0 Å². The molecule has 0 saturated carbocycles. The monoisotopic (exact) mass is 321 g/mol. The number of anilines is 1. The lowest BCUT2D eigenvalue weighted by Crippen LogP contribution is -2.38. The highest BCUT2D eigenvalue weighted by Crippen LogP contribution is 2.29. The maximum absolute atomic E-state index is 12.6. The summed E-state index contributed by atoms with van der Waals surface area (Å²) < 4.78 is 32.7. The number of sulfonamides is 1. The molecule has 2 fully saturated rings. The van der Waals surface area contributed by atoms with Crippen LogP contribution in [0.4, 0.5) is 6.01 Å². The van der Waals surface area contributed by atoms with E-state index in [2.05, 4.69) is 4.98 Å². The molecule has 3 heterocycles. The van der Waals surface area contributed by atoms with Crippen molar-refractivity contribution in [3.8, 4) is 0 Å². The zero-order valence-electron chi connectivity index (χ0n) is 12.3. The number of rotatable bonds is 3. The molecule has 0 spiro atoms. The first-order valence-corrected chi connectivity index (χ1v) is 9.24. The van der Waals surface area contributed by atoms with E-state index in [1.165, 1.54) is 0 Å². The van der Waals surface area contributed by atoms with Crippen molar-refractivity contribution in [2.24, 2.45) is 0 Å². The van der Waals surface area contributed by atoms with Gasteiger partial charge in [0.15, 0.2) is 5.58 Å². The predicted octanol–water partition coefficient (Wildman–Crippen LogP) is 1.83. The SMILES string of the molecule is O=S(=O)([C@@H]1CCN(c2nc3ccccc3o2)C1)N1CCCC1. The van der Waals surface area contributed by atoms with Gasteiger partial charge in [0.05, 0.1) is 5.25 Å². The van der Waals surface area contributed by atoms with E-state index in [-0.39, 0.29) is 5.25 Å². The van der Waals surface area contributed by atoms with E-state index >= 15 is 0 Å². The third-order valence-electron chi connectivity index (χ3n) is 4.54. The molecule has 0 amide bonds. The molecule has 0 aliphatic carbocycles. The van der Waals surface area contributed by atoms with Gasteiger partial charge in [-0.3, -0.25) is 0 Å². The Kier molecular flexibility index (Phi) is 3.34. The summed E-state index contributed by atoms with van der Waals surface area (Å²) in [5, 5.41) is -0.347. The Balaban J connectivity index is 1.54. The number of para-hydroxylation sites is 2. The van der Waals surface area contributed by atoms with Crippen molar-refractivity contribution in [3.05, 3.63) is 24.3 Å². The van der Waals surface area contributed by atoms with Gasteiger partial charge in [0.25, 0.3) is 6.01 Å². The van der Waals surface area contributed by atoms with Gasteiger partial charge < -0.3 is 9.32 Å². The summed E-state index contributed by atoms with van der Waals surface area (Å²) in [5.74, 6) is 0. The van der Waals surface area contributed by atoms with Gasteiger partial charge in [0.2, 0.25) is 10.0 Å². The summed E-state index contributed by atoms with van der Waals surface area (Å²) in [6.45, 7) is 2.47. The molecule has 2 aliphatic rings. The Morgan fingerprint density at radius 3 is 2.68 bits per heavy atom. The maximum Gasteiger partial charge on any atom is 0.298 e. The average Bonchev–Trinajstić information content (AvgIpc) is 3.25. The molecule has 0 N–H and O–H groups in total. The fourth-order valence-electron chi connectivity index (χ4n) is 3.29. The summed E-state index contributed by atoms with van der Waals surface area (Å²) in [5.41, 5.74) is 1.55. The molecule has 7 heteroatoms. The molecule has 4 rings (SSSR count). The maximum atomic E-state index is 12.6. The minimum Gasteiger partial charge on any atom is -0.423 e. The quantitative estimate of drug-likeness (QED) is 0.863. The highest BCUT2D eigenvalue weighted by Gasteiger charge is 2.39. The minimum absolute atomic E-state index is 0.347. The van der Waals surface area contributed by atoms with Crippen molar-refractivity contribution in [1.82, 2.24) is 9.29 Å². The number of benzene rings is 1. The van der Waals surface area contributed by atoms with Crippen LogP contribution in [0.3, 0.4) is 0 Å². The van der Waals surface area contributed by atoms with Crippen LogP contribution < -0.4 is 4.90 Å². The summed E-state index contributed by atoms with van der Waals surface area (Å²) in [4.78, 5) is 6.40. The zero-order valence-corrected chi connectivity index (χ0v) is 13.1. The summed E-state index contributed by atoms with van der Waals surface area (Å²) in [6.07, 6.45) is 2.58. The van der Waals surface area contributed by atoms with Crippen molar-refractivity contribution in [1.29, 1.82) is 0 Å². The van der Waals surface area contributed by atoms with E-state index in [1.54, 1.807) is 4.31 Å². The van der Waals surface area contributed by atoms with Crippen molar-refractivity contribution in [2.45, 2.75) is 24.5 Å². The lowest BCUT2D eigenvalue weighted by atomic mass is 10.3. The lowest BCUT2D eigenvalue weighted by Gasteiger charge is -2.20. The predicted molar refractivity (Wildman–Crippen MR) is 84.4 cm³/mol. The third-order valence-corrected chi connectivity index (χ3v) is 6.86. The van der Waals surface area contributed by atoms with Crippen LogP contribution in [0.5, 0.6) is 0 Å². The van der Waals surface area contributed by atoms with Crippen molar-refractivity contribution in [2.75, 3.05) is 31.1 Å². The van der Waals surface area contributed by atoms with Crippen molar-refractivity contribution >= 4 is 27.1 Å². The molecule has 6 nitrogen and oxygen atoms in total. The summed E-state index contributed by atoms with van der Waals surface area (Å²) in [7, 11) is -3.19. The Labute approximate surface area is 129 Å². The number of oxazole rings is 1. The Morgan fingerprint density at radius 2 is 1.91 bits per heavy atom. The van der Waals surface area contributed by atoms with Crippen LogP contribution in [0, 0.1) is 0 Å². The highest BCUT2D eigenvalue weighted by atomic mass is 32.2. The first-order chi connectivity index (χ1) is 10.6. The molecule has 1 atom stereocenters. The van der Waals surface area contributed by atoms with Crippen LogP contribution in [-0.4, -0.2) is 49.1 Å². The molecular formula is C15H19N3O3S. The van der Waals surface area contributed by atoms with Crippen LogP contribution in [0.1, 0.15) is 19.3 Å². The fourth-order valence-corrected chi connectivity index (χ4v) is 5.25. The fraction of sp³-hybridized carbons (Fsp3) is 0.533. The molecule has 2 aromatic rings. The molecular weight excluding hydrogens is 302 g/mol. The first kappa shape index (κ1) is 14.0. The molecule has 0 radical (unpaired) electrons. The number of hydrogen-bond acceptors (Lipinski definition) is 5. The van der Waals surface area contributed by atoms with E-state index in [0.29, 0.717) is 38.6 Å². The lowest BCUT2D eigenvalue weighted by molar-refractivity contribution is 0.467. The van der Waals surface area contributed by atoms with Crippen LogP contribution in [0.15, 0.2) is 28.7 Å². The molecule has 2 saturated heterocycles. The number of hydrogen-bond donors (Lipinski definition) is 0. The first-order valence-electron chi connectivity index (χ1n) is 7.74. The van der Waals surface area contributed by atoms with E-state index in [9.17, 15) is 8.42 Å². The standard InChI is InChI=1S/C15H19N3O3S/c19-22(20,18-8-3-4-9-18)12-7-10-17(11-12)15-16-13-5-1-2-6-14(13)21-15/h1-2,5-6,12H,3-4,7-11H2/t12-/m1/s1. The average molecular weight is 321 g/mol. The second-order valence-corrected chi connectivity index (χ2v) is 8.18. The normalized spacial score (nSPS) is 23.6. The van der Waals surface area contributed by atoms with Crippen LogP contribution in [0.2, 0.25) is 0 Å². The number of aromatic nitrogens is 1.